The maximum atomic E-state index is 13.5. The fourth-order valence-corrected chi connectivity index (χ4v) is 13.4. The van der Waals surface area contributed by atoms with Crippen LogP contribution in [0.15, 0.2) is 158 Å². The quantitative estimate of drug-likeness (QED) is 0.0199. The molecule has 3 saturated heterocycles. The van der Waals surface area contributed by atoms with Crippen LogP contribution in [0.5, 0.6) is 0 Å². The van der Waals surface area contributed by atoms with E-state index in [0.29, 0.717) is 12.8 Å². The van der Waals surface area contributed by atoms with Gasteiger partial charge in [-0.2, -0.15) is 0 Å². The molecular formula is C92H153NO18. The fourth-order valence-electron chi connectivity index (χ4n) is 13.4. The third kappa shape index (κ3) is 48.5. The highest BCUT2D eigenvalue weighted by atomic mass is 16.8. The Morgan fingerprint density at radius 2 is 0.631 bits per heavy atom. The van der Waals surface area contributed by atoms with Crippen molar-refractivity contribution >= 4 is 5.91 Å². The maximum Gasteiger partial charge on any atom is 0.220 e. The van der Waals surface area contributed by atoms with Crippen LogP contribution in [0.3, 0.4) is 0 Å². The van der Waals surface area contributed by atoms with Crippen LogP contribution >= 0.6 is 0 Å². The van der Waals surface area contributed by atoms with E-state index in [2.05, 4.69) is 165 Å². The first-order valence-corrected chi connectivity index (χ1v) is 43.2. The van der Waals surface area contributed by atoms with Crippen molar-refractivity contribution in [3.63, 3.8) is 0 Å². The molecule has 3 aliphatic rings. The molecule has 1 amide bonds. The Bertz CT molecular complexity index is 2620. The third-order valence-corrected chi connectivity index (χ3v) is 20.3. The number of rotatable bonds is 67. The molecule has 0 aromatic heterocycles. The Balaban J connectivity index is 1.39. The molecule has 0 spiro atoms. The largest absolute Gasteiger partial charge is 0.394 e. The van der Waals surface area contributed by atoms with Crippen LogP contribution in [0.25, 0.3) is 0 Å². The van der Waals surface area contributed by atoms with Crippen molar-refractivity contribution in [1.29, 1.82) is 0 Å². The normalized spacial score (nSPS) is 25.9. The van der Waals surface area contributed by atoms with Gasteiger partial charge in [-0.25, -0.2) is 0 Å². The molecule has 634 valence electrons. The van der Waals surface area contributed by atoms with Crippen molar-refractivity contribution in [1.82, 2.24) is 5.32 Å². The Kier molecular flexibility index (Phi) is 63.2. The molecule has 0 radical (unpaired) electrons. The predicted octanol–water partition coefficient (Wildman–Crippen LogP) is 16.0. The van der Waals surface area contributed by atoms with Gasteiger partial charge in [0.25, 0.3) is 0 Å². The molecule has 0 aliphatic carbocycles. The lowest BCUT2D eigenvalue weighted by Crippen LogP contribution is -2.66. The molecule has 12 N–H and O–H groups in total. The van der Waals surface area contributed by atoms with E-state index in [-0.39, 0.29) is 12.3 Å². The first kappa shape index (κ1) is 101. The molecule has 0 aromatic carbocycles. The molecule has 0 aromatic rings. The zero-order valence-electron chi connectivity index (χ0n) is 68.1. The molecule has 3 heterocycles. The van der Waals surface area contributed by atoms with E-state index in [1.54, 1.807) is 6.08 Å². The summed E-state index contributed by atoms with van der Waals surface area (Å²) in [6.45, 7) is 1.59. The molecule has 19 heteroatoms. The number of aliphatic hydroxyl groups excluding tert-OH is 11. The van der Waals surface area contributed by atoms with Crippen LogP contribution in [0, 0.1) is 0 Å². The highest BCUT2D eigenvalue weighted by Gasteiger charge is 2.54. The van der Waals surface area contributed by atoms with Gasteiger partial charge in [0.1, 0.15) is 73.2 Å². The van der Waals surface area contributed by atoms with Gasteiger partial charge in [0, 0.05) is 6.42 Å². The van der Waals surface area contributed by atoms with Crippen molar-refractivity contribution in [2.75, 3.05) is 26.4 Å². The number of ether oxygens (including phenoxy) is 6. The average Bonchev–Trinajstić information content (AvgIpc) is 0.780. The summed E-state index contributed by atoms with van der Waals surface area (Å²) >= 11 is 0. The molecule has 3 aliphatic heterocycles. The molecule has 0 saturated carbocycles. The Hall–Kier alpha value is -4.59. The van der Waals surface area contributed by atoms with Gasteiger partial charge < -0.3 is 89.9 Å². The van der Waals surface area contributed by atoms with E-state index in [1.165, 1.54) is 135 Å². The summed E-state index contributed by atoms with van der Waals surface area (Å²) in [4.78, 5) is 13.5. The van der Waals surface area contributed by atoms with Gasteiger partial charge in [-0.05, 0) is 122 Å². The molecule has 3 rings (SSSR count). The van der Waals surface area contributed by atoms with E-state index in [1.807, 2.05) is 6.08 Å². The summed E-state index contributed by atoms with van der Waals surface area (Å²) in [7, 11) is 0. The third-order valence-electron chi connectivity index (χ3n) is 20.3. The van der Waals surface area contributed by atoms with Crippen LogP contribution in [0.4, 0.5) is 0 Å². The summed E-state index contributed by atoms with van der Waals surface area (Å²) in [5.41, 5.74) is 0. The SMILES string of the molecule is CC/C=C\C/C=C\C/C=C\C/C=C\C/C=C\C/C=C\C/C=C\C/C=C\C/C=C\C/C=C\CCCCCCC(=O)NC(COC1OC(CO)C(OC2OC(CO)C(OC3OC(CO)C(O)C(O)C3O)C(O)C2O)C(O)C1O)C(O)/C=C/CC/C=C/CC/C=C/CCCCCCCCCCCCCCCCCCCCCCC. The van der Waals surface area contributed by atoms with Gasteiger partial charge in [0.15, 0.2) is 18.9 Å². The summed E-state index contributed by atoms with van der Waals surface area (Å²) in [5, 5.41) is 121. The van der Waals surface area contributed by atoms with E-state index in [9.17, 15) is 61.0 Å². The number of unbranched alkanes of at least 4 members (excludes halogenated alkanes) is 27. The summed E-state index contributed by atoms with van der Waals surface area (Å²) in [6.07, 6.45) is 76.6. The van der Waals surface area contributed by atoms with Gasteiger partial charge in [-0.1, -0.05) is 313 Å². The number of nitrogens with one attached hydrogen (secondary N) is 1. The van der Waals surface area contributed by atoms with E-state index >= 15 is 0 Å². The monoisotopic (exact) mass is 1560 g/mol. The number of aliphatic hydroxyl groups is 11. The summed E-state index contributed by atoms with van der Waals surface area (Å²) in [6, 6.07) is -1.03. The molecule has 3 fully saturated rings. The number of carbonyl (C=O) groups is 1. The van der Waals surface area contributed by atoms with Crippen molar-refractivity contribution < 1.29 is 89.4 Å². The lowest BCUT2D eigenvalue weighted by molar-refractivity contribution is -0.379. The van der Waals surface area contributed by atoms with Crippen molar-refractivity contribution in [2.45, 2.75) is 388 Å². The average molecular weight is 1560 g/mol. The minimum Gasteiger partial charge on any atom is -0.394 e. The fraction of sp³-hybridized carbons (Fsp3) is 0.707. The van der Waals surface area contributed by atoms with Crippen LogP contribution < -0.4 is 5.32 Å². The smallest absolute Gasteiger partial charge is 0.220 e. The van der Waals surface area contributed by atoms with Gasteiger partial charge in [-0.3, -0.25) is 4.79 Å². The van der Waals surface area contributed by atoms with Gasteiger partial charge in [0.05, 0.1) is 38.6 Å². The van der Waals surface area contributed by atoms with E-state index in [0.717, 1.165) is 116 Å². The maximum absolute atomic E-state index is 13.5. The standard InChI is InChI=1S/C92H153NO18/c1-3-5-7-9-11-13-15-17-19-21-23-25-27-29-31-33-35-36-37-38-40-42-44-46-48-50-52-54-56-58-60-62-64-66-68-70-80(98)93-75(76(97)69-67-65-63-61-59-57-55-53-51-49-47-45-43-41-39-34-32-30-28-26-24-22-20-18-16-14-12-10-8-6-4-2)74-106-90-86(104)83(101)88(78(72-95)108-90)111-92-87(105)84(102)89(79(73-96)109-92)110-91-85(103)82(100)81(99)77(71-94)107-91/h5,7,11,13,17,19,23,25,29,31,35-36,38,40,44,46,50-53,56,58-59,61,67,69,75-79,81-92,94-97,99-105H,3-4,6,8-10,12,14-16,18,20-22,24,26-28,30,32-34,37,39,41-43,45,47-49,54-55,57,60,62-66,68,70-74H2,1-2H3,(H,93,98)/b7-5-,13-11-,19-17-,25-23-,31-29-,36-35-,40-38-,46-44-,52-50-,53-51+,58-56-,61-59+,69-67+. The Morgan fingerprint density at radius 1 is 0.333 bits per heavy atom. The zero-order valence-corrected chi connectivity index (χ0v) is 68.1. The topological polar surface area (TPSA) is 307 Å². The van der Waals surface area contributed by atoms with Crippen molar-refractivity contribution in [2.24, 2.45) is 0 Å². The van der Waals surface area contributed by atoms with Crippen LogP contribution in [0.2, 0.25) is 0 Å². The molecule has 17 unspecified atom stereocenters. The number of carbonyl (C=O) groups excluding carboxylic acids is 1. The molecular weight excluding hydrogens is 1410 g/mol. The van der Waals surface area contributed by atoms with Crippen molar-refractivity contribution in [3.8, 4) is 0 Å². The van der Waals surface area contributed by atoms with Crippen LogP contribution in [0.1, 0.15) is 284 Å². The van der Waals surface area contributed by atoms with Crippen LogP contribution in [-0.2, 0) is 33.2 Å². The molecule has 19 nitrogen and oxygen atoms in total. The minimum atomic E-state index is -2.00. The predicted molar refractivity (Wildman–Crippen MR) is 447 cm³/mol. The van der Waals surface area contributed by atoms with Gasteiger partial charge in [0.2, 0.25) is 5.91 Å². The highest BCUT2D eigenvalue weighted by molar-refractivity contribution is 5.76. The molecule has 0 bridgehead atoms. The number of hydrogen-bond acceptors (Lipinski definition) is 18. The molecule has 17 atom stereocenters. The number of amides is 1. The zero-order chi connectivity index (χ0) is 80.3. The second-order valence-corrected chi connectivity index (χ2v) is 29.9. The van der Waals surface area contributed by atoms with Crippen molar-refractivity contribution in [3.05, 3.63) is 158 Å². The van der Waals surface area contributed by atoms with Gasteiger partial charge in [-0.15, -0.1) is 0 Å². The first-order chi connectivity index (χ1) is 54.3. The van der Waals surface area contributed by atoms with E-state index < -0.39 is 131 Å². The van der Waals surface area contributed by atoms with Crippen LogP contribution in [-0.4, -0.2) is 193 Å². The summed E-state index contributed by atoms with van der Waals surface area (Å²) in [5.74, 6) is -0.319. The first-order valence-electron chi connectivity index (χ1n) is 43.2. The second-order valence-electron chi connectivity index (χ2n) is 29.9. The Morgan fingerprint density at radius 3 is 1.01 bits per heavy atom. The lowest BCUT2D eigenvalue weighted by atomic mass is 9.96. The number of allylic oxidation sites excluding steroid dienone is 25. The molecule has 111 heavy (non-hydrogen) atoms. The highest BCUT2D eigenvalue weighted by Crippen LogP contribution is 2.33. The Labute approximate surface area is 669 Å². The van der Waals surface area contributed by atoms with E-state index in [4.69, 9.17) is 28.4 Å². The second kappa shape index (κ2) is 69.7. The summed E-state index contributed by atoms with van der Waals surface area (Å²) < 4.78 is 34.4. The number of hydrogen-bond donors (Lipinski definition) is 12. The minimum absolute atomic E-state index is 0.191. The lowest BCUT2D eigenvalue weighted by Gasteiger charge is -2.48. The van der Waals surface area contributed by atoms with Gasteiger partial charge >= 0.3 is 0 Å².